The van der Waals surface area contributed by atoms with Crippen LogP contribution < -0.4 is 21.9 Å². The average molecular weight is 475 g/mol. The molecule has 0 saturated carbocycles. The molecular weight excluding hydrogens is 448 g/mol. The number of hydrogen-bond donors (Lipinski definition) is 5. The summed E-state index contributed by atoms with van der Waals surface area (Å²) in [6.45, 7) is 1.39. The Morgan fingerprint density at radius 1 is 1.06 bits per heavy atom. The van der Waals surface area contributed by atoms with E-state index in [4.69, 9.17) is 27.3 Å². The van der Waals surface area contributed by atoms with Crippen LogP contribution in [0.2, 0.25) is 0 Å². The molecule has 0 aliphatic rings. The second-order valence-electron chi connectivity index (χ2n) is 6.86. The smallest absolute Gasteiger partial charge is 0.324 e. The molecule has 1 atom stereocenters. The molecule has 0 bridgehead atoms. The first-order chi connectivity index (χ1) is 15.6. The van der Waals surface area contributed by atoms with Gasteiger partial charge in [0.25, 0.3) is 5.91 Å². The van der Waals surface area contributed by atoms with E-state index in [0.717, 1.165) is 0 Å². The van der Waals surface area contributed by atoms with Gasteiger partial charge >= 0.3 is 5.97 Å². The first-order valence-corrected chi connectivity index (χ1v) is 11.4. The van der Waals surface area contributed by atoms with E-state index in [1.165, 1.54) is 24.3 Å². The number of carbonyl (C=O) groups excluding carboxylic acids is 2. The maximum atomic E-state index is 12.9. The SMILES string of the molecule is CCOC(=O)[C@H](Cc1ccc(C(=N)N)cc1)NS(=O)(=O)c1ccc(C(N)=NC(=O)CN)cc1. The molecule has 0 aliphatic carbocycles. The van der Waals surface area contributed by atoms with Crippen LogP contribution in [0.25, 0.3) is 0 Å². The largest absolute Gasteiger partial charge is 0.465 e. The minimum atomic E-state index is -4.11. The van der Waals surface area contributed by atoms with Crippen LogP contribution in [0.4, 0.5) is 0 Å². The Labute approximate surface area is 191 Å². The van der Waals surface area contributed by atoms with Gasteiger partial charge < -0.3 is 21.9 Å². The highest BCUT2D eigenvalue weighted by molar-refractivity contribution is 7.89. The molecule has 0 aromatic heterocycles. The number of sulfonamides is 1. The Kier molecular flexibility index (Phi) is 8.79. The number of nitrogens with one attached hydrogen (secondary N) is 2. The second kappa shape index (κ2) is 11.3. The number of nitrogen functional groups attached to an aromatic ring is 1. The molecule has 33 heavy (non-hydrogen) atoms. The lowest BCUT2D eigenvalue weighted by Crippen LogP contribution is -2.43. The minimum absolute atomic E-state index is 0.0230. The molecule has 12 heteroatoms. The highest BCUT2D eigenvalue weighted by Gasteiger charge is 2.27. The summed E-state index contributed by atoms with van der Waals surface area (Å²) in [5.74, 6) is -1.55. The quantitative estimate of drug-likeness (QED) is 0.174. The Morgan fingerprint density at radius 3 is 2.15 bits per heavy atom. The first-order valence-electron chi connectivity index (χ1n) is 9.87. The standard InChI is InChI=1S/C21H26N6O5S/c1-2-32-21(29)17(11-13-3-5-14(6-4-13)19(23)24)27-33(30,31)16-9-7-15(8-10-16)20(25)26-18(28)12-22/h3-10,17,27H,2,11-12,22H2,1H3,(H3,23,24)(H2,25,26,28)/t17-/m0/s1. The van der Waals surface area contributed by atoms with Crippen molar-refractivity contribution in [1.29, 1.82) is 5.41 Å². The zero-order valence-corrected chi connectivity index (χ0v) is 18.8. The van der Waals surface area contributed by atoms with E-state index in [1.807, 2.05) is 0 Å². The molecule has 0 fully saturated rings. The third kappa shape index (κ3) is 7.20. The van der Waals surface area contributed by atoms with Gasteiger partial charge in [-0.2, -0.15) is 9.71 Å². The molecule has 0 saturated heterocycles. The summed E-state index contributed by atoms with van der Waals surface area (Å²) in [5, 5.41) is 7.44. The molecule has 8 N–H and O–H groups in total. The number of amides is 1. The molecular formula is C21H26N6O5S. The van der Waals surface area contributed by atoms with Crippen molar-refractivity contribution in [3.8, 4) is 0 Å². The molecule has 2 aromatic carbocycles. The summed E-state index contributed by atoms with van der Waals surface area (Å²) in [5.41, 5.74) is 17.8. The van der Waals surface area contributed by atoms with Gasteiger partial charge in [0.15, 0.2) is 0 Å². The number of carbonyl (C=O) groups is 2. The van der Waals surface area contributed by atoms with Crippen molar-refractivity contribution in [2.75, 3.05) is 13.2 Å². The zero-order chi connectivity index (χ0) is 24.6. The Hall–Kier alpha value is -3.61. The number of esters is 1. The molecule has 0 heterocycles. The number of benzene rings is 2. The predicted octanol–water partition coefficient (Wildman–Crippen LogP) is -0.386. The maximum Gasteiger partial charge on any atom is 0.324 e. The van der Waals surface area contributed by atoms with Crippen LogP contribution in [0.5, 0.6) is 0 Å². The van der Waals surface area contributed by atoms with Crippen molar-refractivity contribution in [2.45, 2.75) is 24.3 Å². The highest BCUT2D eigenvalue weighted by Crippen LogP contribution is 2.14. The monoisotopic (exact) mass is 474 g/mol. The average Bonchev–Trinajstić information content (AvgIpc) is 2.79. The van der Waals surface area contributed by atoms with Gasteiger partial charge in [0, 0.05) is 11.1 Å². The summed E-state index contributed by atoms with van der Waals surface area (Å²) >= 11 is 0. The summed E-state index contributed by atoms with van der Waals surface area (Å²) < 4.78 is 33.2. The minimum Gasteiger partial charge on any atom is -0.465 e. The third-order valence-corrected chi connectivity index (χ3v) is 5.94. The van der Waals surface area contributed by atoms with E-state index < -0.39 is 27.9 Å². The van der Waals surface area contributed by atoms with E-state index >= 15 is 0 Å². The molecule has 0 spiro atoms. The number of nitrogens with zero attached hydrogens (tertiary/aromatic N) is 1. The molecule has 0 aliphatic heterocycles. The fraction of sp³-hybridized carbons (Fsp3) is 0.238. The predicted molar refractivity (Wildman–Crippen MR) is 123 cm³/mol. The number of amidine groups is 2. The highest BCUT2D eigenvalue weighted by atomic mass is 32.2. The van der Waals surface area contributed by atoms with E-state index in [-0.39, 0.29) is 36.1 Å². The third-order valence-electron chi connectivity index (χ3n) is 4.45. The van der Waals surface area contributed by atoms with Crippen LogP contribution >= 0.6 is 0 Å². The van der Waals surface area contributed by atoms with Gasteiger partial charge in [-0.05, 0) is 43.2 Å². The molecule has 0 radical (unpaired) electrons. The van der Waals surface area contributed by atoms with Gasteiger partial charge in [-0.1, -0.05) is 24.3 Å². The number of ether oxygens (including phenoxy) is 1. The number of nitrogens with two attached hydrogens (primary N) is 3. The van der Waals surface area contributed by atoms with Crippen LogP contribution in [0.15, 0.2) is 58.4 Å². The number of rotatable bonds is 10. The fourth-order valence-corrected chi connectivity index (χ4v) is 3.96. The fourth-order valence-electron chi connectivity index (χ4n) is 2.78. The van der Waals surface area contributed by atoms with Crippen LogP contribution in [0.3, 0.4) is 0 Å². The molecule has 11 nitrogen and oxygen atoms in total. The van der Waals surface area contributed by atoms with Crippen LogP contribution in [-0.2, 0) is 30.8 Å². The van der Waals surface area contributed by atoms with Gasteiger partial charge in [-0.3, -0.25) is 15.0 Å². The summed E-state index contributed by atoms with van der Waals surface area (Å²) in [4.78, 5) is 27.2. The van der Waals surface area contributed by atoms with Crippen molar-refractivity contribution in [3.63, 3.8) is 0 Å². The normalized spacial score (nSPS) is 12.7. The van der Waals surface area contributed by atoms with E-state index in [9.17, 15) is 18.0 Å². The summed E-state index contributed by atoms with van der Waals surface area (Å²) in [6.07, 6.45) is 0.0230. The summed E-state index contributed by atoms with van der Waals surface area (Å²) in [7, 11) is -4.11. The van der Waals surface area contributed by atoms with Gasteiger partial charge in [0.1, 0.15) is 17.7 Å². The van der Waals surface area contributed by atoms with E-state index in [1.54, 1.807) is 31.2 Å². The first kappa shape index (κ1) is 25.6. The number of hydrogen-bond acceptors (Lipinski definition) is 7. The molecule has 1 amide bonds. The van der Waals surface area contributed by atoms with Crippen LogP contribution in [0, 0.1) is 5.41 Å². The van der Waals surface area contributed by atoms with Crippen LogP contribution in [-0.4, -0.2) is 51.2 Å². The van der Waals surface area contributed by atoms with Crippen molar-refractivity contribution in [2.24, 2.45) is 22.2 Å². The van der Waals surface area contributed by atoms with Crippen molar-refractivity contribution >= 4 is 33.6 Å². The van der Waals surface area contributed by atoms with E-state index in [2.05, 4.69) is 9.71 Å². The van der Waals surface area contributed by atoms with Gasteiger partial charge in [0.2, 0.25) is 10.0 Å². The zero-order valence-electron chi connectivity index (χ0n) is 17.9. The maximum absolute atomic E-state index is 12.9. The molecule has 2 rings (SSSR count). The lowest BCUT2D eigenvalue weighted by atomic mass is 10.0. The van der Waals surface area contributed by atoms with Gasteiger partial charge in [0.05, 0.1) is 18.0 Å². The Balaban J connectivity index is 2.25. The number of aliphatic imine (C=N–C) groups is 1. The Bertz CT molecular complexity index is 1140. The molecule has 176 valence electrons. The van der Waals surface area contributed by atoms with E-state index in [0.29, 0.717) is 16.7 Å². The van der Waals surface area contributed by atoms with Crippen molar-refractivity contribution in [3.05, 3.63) is 65.2 Å². The topological polar surface area (TPSA) is 204 Å². The lowest BCUT2D eigenvalue weighted by molar-refractivity contribution is -0.145. The van der Waals surface area contributed by atoms with Gasteiger partial charge in [-0.15, -0.1) is 0 Å². The second-order valence-corrected chi connectivity index (χ2v) is 8.57. The van der Waals surface area contributed by atoms with Crippen molar-refractivity contribution < 1.29 is 22.7 Å². The Morgan fingerprint density at radius 2 is 1.64 bits per heavy atom. The molecule has 2 aromatic rings. The van der Waals surface area contributed by atoms with Gasteiger partial charge in [-0.25, -0.2) is 8.42 Å². The van der Waals surface area contributed by atoms with Crippen molar-refractivity contribution in [1.82, 2.24) is 4.72 Å². The van der Waals surface area contributed by atoms with Crippen LogP contribution in [0.1, 0.15) is 23.6 Å². The molecule has 0 unspecified atom stereocenters. The summed E-state index contributed by atoms with van der Waals surface area (Å²) in [6, 6.07) is 10.6. The lowest BCUT2D eigenvalue weighted by Gasteiger charge is -2.18.